The molecule has 0 bridgehead atoms. The normalized spacial score (nSPS) is 13.4. The molecule has 4 aromatic heterocycles. The van der Waals surface area contributed by atoms with Gasteiger partial charge in [-0.3, -0.25) is 14.3 Å². The number of hydrogen-bond acceptors (Lipinski definition) is 11. The van der Waals surface area contributed by atoms with Gasteiger partial charge in [-0.25, -0.2) is 19.0 Å². The molecule has 13 nitrogen and oxygen atoms in total. The highest BCUT2D eigenvalue weighted by Crippen LogP contribution is 2.35. The van der Waals surface area contributed by atoms with E-state index in [4.69, 9.17) is 25.5 Å². The number of nitrogens with zero attached hydrogens (tertiary/aromatic N) is 6. The summed E-state index contributed by atoms with van der Waals surface area (Å²) in [5.41, 5.74) is 7.89. The predicted molar refractivity (Wildman–Crippen MR) is 169 cm³/mol. The minimum Gasteiger partial charge on any atom is -0.483 e. The van der Waals surface area contributed by atoms with Gasteiger partial charge >= 0.3 is 5.97 Å². The zero-order chi connectivity index (χ0) is 33.6. The van der Waals surface area contributed by atoms with Crippen molar-refractivity contribution in [3.8, 4) is 22.0 Å². The molecule has 0 aromatic carbocycles. The van der Waals surface area contributed by atoms with Crippen LogP contribution in [0.15, 0.2) is 42.7 Å². The van der Waals surface area contributed by atoms with Gasteiger partial charge in [0.05, 0.1) is 35.7 Å². The average Bonchev–Trinajstić information content (AvgIpc) is 3.79. The number of aliphatic hydroxyl groups is 1. The van der Waals surface area contributed by atoms with Gasteiger partial charge < -0.3 is 26.0 Å². The fraction of sp³-hybridized carbons (Fsp3) is 0.400. The Bertz CT molecular complexity index is 1580. The van der Waals surface area contributed by atoms with Gasteiger partial charge in [-0.15, -0.1) is 11.3 Å². The van der Waals surface area contributed by atoms with E-state index >= 15 is 0 Å². The molecule has 0 spiro atoms. The van der Waals surface area contributed by atoms with Crippen LogP contribution in [0.4, 0.5) is 14.5 Å². The molecule has 46 heavy (non-hydrogen) atoms. The number of aliphatic hydroxyl groups excluding tert-OH is 1. The number of thiazole rings is 1. The SMILES string of the molecule is C=C(Nc1cn(C2CCCCC2)nc1-c1nc(F)ccc1F)c1csc(-c2cnn(COC(=O)CC(C)N)c2)n1.CCO.O=CO. The molecule has 4 heterocycles. The fourth-order valence-corrected chi connectivity index (χ4v) is 5.36. The molecule has 248 valence electrons. The number of esters is 1. The monoisotopic (exact) mass is 660 g/mol. The summed E-state index contributed by atoms with van der Waals surface area (Å²) in [6, 6.07) is 1.92. The van der Waals surface area contributed by atoms with Crippen molar-refractivity contribution in [2.24, 2.45) is 5.73 Å². The smallest absolute Gasteiger partial charge is 0.309 e. The number of hydrogen-bond donors (Lipinski definition) is 4. The van der Waals surface area contributed by atoms with E-state index in [1.54, 1.807) is 32.4 Å². The molecule has 1 unspecified atom stereocenters. The zero-order valence-electron chi connectivity index (χ0n) is 25.6. The first kappa shape index (κ1) is 35.9. The van der Waals surface area contributed by atoms with Crippen LogP contribution >= 0.6 is 11.3 Å². The van der Waals surface area contributed by atoms with Crippen molar-refractivity contribution in [2.45, 2.75) is 71.2 Å². The second-order valence-corrected chi connectivity index (χ2v) is 11.1. The highest BCUT2D eigenvalue weighted by atomic mass is 32.1. The lowest BCUT2D eigenvalue weighted by atomic mass is 9.96. The third-order valence-corrected chi connectivity index (χ3v) is 7.43. The topological polar surface area (TPSA) is 183 Å². The van der Waals surface area contributed by atoms with Crippen molar-refractivity contribution in [1.29, 1.82) is 0 Å². The second-order valence-electron chi connectivity index (χ2n) is 10.3. The van der Waals surface area contributed by atoms with E-state index in [0.29, 0.717) is 22.1 Å². The zero-order valence-corrected chi connectivity index (χ0v) is 26.4. The Morgan fingerprint density at radius 1 is 1.24 bits per heavy atom. The summed E-state index contributed by atoms with van der Waals surface area (Å²) in [5, 5.41) is 29.0. The van der Waals surface area contributed by atoms with Gasteiger partial charge in [0.1, 0.15) is 16.4 Å². The molecule has 1 aliphatic rings. The first-order valence-electron chi connectivity index (χ1n) is 14.6. The maximum absolute atomic E-state index is 14.7. The third kappa shape index (κ3) is 10.3. The number of carbonyl (C=O) groups is 2. The van der Waals surface area contributed by atoms with Crippen molar-refractivity contribution in [2.75, 3.05) is 11.9 Å². The van der Waals surface area contributed by atoms with Crippen molar-refractivity contribution < 1.29 is 33.3 Å². The van der Waals surface area contributed by atoms with Crippen molar-refractivity contribution in [3.63, 3.8) is 0 Å². The minimum atomic E-state index is -0.790. The molecular weight excluding hydrogens is 622 g/mol. The van der Waals surface area contributed by atoms with Gasteiger partial charge in [0.25, 0.3) is 6.47 Å². The lowest BCUT2D eigenvalue weighted by Gasteiger charge is -2.21. The van der Waals surface area contributed by atoms with Crippen LogP contribution in [0.2, 0.25) is 0 Å². The Balaban J connectivity index is 0.000000891. The molecule has 1 atom stereocenters. The number of anilines is 1. The maximum atomic E-state index is 14.7. The number of ether oxygens (including phenoxy) is 1. The lowest BCUT2D eigenvalue weighted by molar-refractivity contribution is -0.148. The maximum Gasteiger partial charge on any atom is 0.309 e. The van der Waals surface area contributed by atoms with Gasteiger partial charge in [-0.1, -0.05) is 25.8 Å². The summed E-state index contributed by atoms with van der Waals surface area (Å²) in [4.78, 5) is 28.6. The minimum absolute atomic E-state index is 0.0313. The van der Waals surface area contributed by atoms with Gasteiger partial charge in [0.2, 0.25) is 5.95 Å². The molecule has 4 aromatic rings. The highest BCUT2D eigenvalue weighted by molar-refractivity contribution is 7.13. The van der Waals surface area contributed by atoms with Crippen LogP contribution < -0.4 is 11.1 Å². The first-order valence-corrected chi connectivity index (χ1v) is 15.4. The number of nitrogens with one attached hydrogen (secondary N) is 1. The molecule has 1 saturated carbocycles. The first-order chi connectivity index (χ1) is 22.1. The van der Waals surface area contributed by atoms with Crippen molar-refractivity contribution in [1.82, 2.24) is 29.5 Å². The summed E-state index contributed by atoms with van der Waals surface area (Å²) < 4.78 is 37.2. The Morgan fingerprint density at radius 2 is 1.93 bits per heavy atom. The van der Waals surface area contributed by atoms with E-state index < -0.39 is 17.7 Å². The summed E-state index contributed by atoms with van der Waals surface area (Å²) in [5.74, 6) is -1.85. The molecule has 5 N–H and O–H groups in total. The van der Waals surface area contributed by atoms with E-state index in [-0.39, 0.29) is 49.7 Å². The Labute approximate surface area is 268 Å². The van der Waals surface area contributed by atoms with Gasteiger partial charge in [-0.2, -0.15) is 14.6 Å². The summed E-state index contributed by atoms with van der Waals surface area (Å²) in [6.07, 6.45) is 10.6. The summed E-state index contributed by atoms with van der Waals surface area (Å²) in [6.45, 7) is 7.50. The largest absolute Gasteiger partial charge is 0.483 e. The molecule has 0 amide bonds. The number of carboxylic acid groups (broad SMARTS) is 1. The van der Waals surface area contributed by atoms with Gasteiger partial charge in [0, 0.05) is 36.0 Å². The number of halogens is 2. The number of rotatable bonds is 10. The van der Waals surface area contributed by atoms with E-state index in [0.717, 1.165) is 43.4 Å². The number of nitrogens with two attached hydrogens (primary N) is 1. The molecule has 16 heteroatoms. The number of pyridine rings is 1. The standard InChI is InChI=1S/C27H30F2N8O2S.C2H6O.CH2O2/c1-16(30)10-24(38)39-15-36-12-18(11-31-36)27-33-22(14-40-27)17(2)32-21-13-37(19-6-4-3-5-7-19)35-26(21)25-20(28)8-9-23(29)34-25;1-2-3;2-1-3/h8-9,11-14,16,19,32H,2-7,10,15,30H2,1H3;3H,2H2,1H3;1H,(H,2,3). The molecule has 0 saturated heterocycles. The van der Waals surface area contributed by atoms with Crippen LogP contribution in [-0.4, -0.2) is 64.8 Å². The number of carbonyl (C=O) groups excluding carboxylic acids is 1. The van der Waals surface area contributed by atoms with Crippen LogP contribution in [0.3, 0.4) is 0 Å². The average molecular weight is 661 g/mol. The van der Waals surface area contributed by atoms with Gasteiger partial charge in [0.15, 0.2) is 12.5 Å². The van der Waals surface area contributed by atoms with E-state index in [1.807, 2.05) is 10.1 Å². The predicted octanol–water partition coefficient (Wildman–Crippen LogP) is 5.07. The summed E-state index contributed by atoms with van der Waals surface area (Å²) >= 11 is 1.39. The lowest BCUT2D eigenvalue weighted by Crippen LogP contribution is -2.21. The third-order valence-electron chi connectivity index (χ3n) is 6.54. The van der Waals surface area contributed by atoms with Crippen LogP contribution in [0.1, 0.15) is 64.1 Å². The summed E-state index contributed by atoms with van der Waals surface area (Å²) in [7, 11) is 0. The van der Waals surface area contributed by atoms with E-state index in [9.17, 15) is 13.6 Å². The number of aromatic nitrogens is 6. The molecule has 1 fully saturated rings. The van der Waals surface area contributed by atoms with Crippen LogP contribution in [0.5, 0.6) is 0 Å². The fourth-order valence-electron chi connectivity index (χ4n) is 4.55. The highest BCUT2D eigenvalue weighted by Gasteiger charge is 2.23. The molecule has 0 radical (unpaired) electrons. The Hall–Kier alpha value is -4.54. The Kier molecular flexibility index (Phi) is 13.9. The second kappa shape index (κ2) is 17.8. The Morgan fingerprint density at radius 3 is 2.61 bits per heavy atom. The quantitative estimate of drug-likeness (QED) is 0.101. The molecule has 0 aliphatic heterocycles. The molecule has 1 aliphatic carbocycles. The van der Waals surface area contributed by atoms with Crippen LogP contribution in [0.25, 0.3) is 27.7 Å². The van der Waals surface area contributed by atoms with Crippen LogP contribution in [0, 0.1) is 11.8 Å². The molecule has 5 rings (SSSR count). The van der Waals surface area contributed by atoms with Gasteiger partial charge in [-0.05, 0) is 38.8 Å². The molecular formula is C30H38F2N8O5S. The van der Waals surface area contributed by atoms with Crippen LogP contribution in [-0.2, 0) is 21.1 Å². The van der Waals surface area contributed by atoms with E-state index in [2.05, 4.69) is 32.1 Å². The van der Waals surface area contributed by atoms with Crippen molar-refractivity contribution >= 4 is 35.2 Å². The van der Waals surface area contributed by atoms with E-state index in [1.165, 1.54) is 22.4 Å². The van der Waals surface area contributed by atoms with Crippen molar-refractivity contribution in [3.05, 3.63) is 60.1 Å².